The summed E-state index contributed by atoms with van der Waals surface area (Å²) >= 11 is 0. The van der Waals surface area contributed by atoms with Gasteiger partial charge >= 0.3 is 0 Å². The summed E-state index contributed by atoms with van der Waals surface area (Å²) in [5.74, 6) is 0.296. The van der Waals surface area contributed by atoms with Gasteiger partial charge in [0.1, 0.15) is 0 Å². The van der Waals surface area contributed by atoms with Crippen LogP contribution in [-0.4, -0.2) is 66.4 Å². The van der Waals surface area contributed by atoms with Crippen molar-refractivity contribution in [1.82, 2.24) is 14.3 Å². The summed E-state index contributed by atoms with van der Waals surface area (Å²) in [5, 5.41) is 3.24. The Kier molecular flexibility index (Phi) is 6.86. The highest BCUT2D eigenvalue weighted by Gasteiger charge is 2.19. The van der Waals surface area contributed by atoms with Crippen LogP contribution >= 0.6 is 0 Å². The predicted molar refractivity (Wildman–Crippen MR) is 79.5 cm³/mol. The van der Waals surface area contributed by atoms with Crippen molar-refractivity contribution in [3.63, 3.8) is 0 Å². The molecule has 7 nitrogen and oxygen atoms in total. The van der Waals surface area contributed by atoms with Crippen LogP contribution in [-0.2, 0) is 20.0 Å². The standard InChI is InChI=1S/C11H25N3O4S2/c1-14(2)20(17,18)10-8-13-19(15,16)9-5-11-3-6-12-7-4-11/h11-13H,3-10H2,1-2H3. The van der Waals surface area contributed by atoms with Crippen molar-refractivity contribution in [3.8, 4) is 0 Å². The first-order chi connectivity index (χ1) is 9.23. The number of rotatable bonds is 8. The van der Waals surface area contributed by atoms with Crippen molar-refractivity contribution in [1.29, 1.82) is 0 Å². The van der Waals surface area contributed by atoms with Gasteiger partial charge in [0.25, 0.3) is 0 Å². The highest BCUT2D eigenvalue weighted by Crippen LogP contribution is 2.16. The second-order valence-electron chi connectivity index (χ2n) is 5.29. The minimum Gasteiger partial charge on any atom is -0.317 e. The molecule has 0 saturated carbocycles. The van der Waals surface area contributed by atoms with Crippen LogP contribution in [0.25, 0.3) is 0 Å². The minimum absolute atomic E-state index is 0.0691. The average Bonchev–Trinajstić information content (AvgIpc) is 2.37. The summed E-state index contributed by atoms with van der Waals surface area (Å²) in [6, 6.07) is 0. The van der Waals surface area contributed by atoms with Gasteiger partial charge in [-0.15, -0.1) is 0 Å². The lowest BCUT2D eigenvalue weighted by Crippen LogP contribution is -2.36. The van der Waals surface area contributed by atoms with E-state index in [0.717, 1.165) is 30.2 Å². The quantitative estimate of drug-likeness (QED) is 0.608. The van der Waals surface area contributed by atoms with Gasteiger partial charge in [0.2, 0.25) is 20.0 Å². The fourth-order valence-corrected chi connectivity index (χ4v) is 4.13. The number of nitrogens with zero attached hydrogens (tertiary/aromatic N) is 1. The van der Waals surface area contributed by atoms with Crippen molar-refractivity contribution in [2.45, 2.75) is 19.3 Å². The first-order valence-electron chi connectivity index (χ1n) is 6.81. The average molecular weight is 327 g/mol. The molecule has 1 rings (SSSR count). The van der Waals surface area contributed by atoms with Gasteiger partial charge in [-0.25, -0.2) is 25.9 Å². The van der Waals surface area contributed by atoms with Gasteiger partial charge < -0.3 is 5.32 Å². The second kappa shape index (κ2) is 7.69. The van der Waals surface area contributed by atoms with Crippen molar-refractivity contribution >= 4 is 20.0 Å². The summed E-state index contributed by atoms with van der Waals surface area (Å²) in [6.45, 7) is 1.81. The van der Waals surface area contributed by atoms with Crippen LogP contribution in [0.2, 0.25) is 0 Å². The molecule has 0 aliphatic carbocycles. The first-order valence-corrected chi connectivity index (χ1v) is 10.1. The highest BCUT2D eigenvalue weighted by atomic mass is 32.2. The number of hydrogen-bond donors (Lipinski definition) is 2. The molecule has 0 bridgehead atoms. The largest absolute Gasteiger partial charge is 0.317 e. The normalized spacial score (nSPS) is 18.6. The molecular formula is C11H25N3O4S2. The number of piperidine rings is 1. The molecule has 0 aromatic carbocycles. The molecule has 0 aromatic heterocycles. The summed E-state index contributed by atoms with van der Waals surface area (Å²) in [5.41, 5.74) is 0. The molecule has 1 heterocycles. The number of hydrogen-bond acceptors (Lipinski definition) is 5. The first kappa shape index (κ1) is 17.8. The van der Waals surface area contributed by atoms with Gasteiger partial charge in [-0.3, -0.25) is 0 Å². The third-order valence-electron chi connectivity index (χ3n) is 3.49. The third-order valence-corrected chi connectivity index (χ3v) is 6.74. The lowest BCUT2D eigenvalue weighted by Gasteiger charge is -2.22. The molecule has 0 amide bonds. The topological polar surface area (TPSA) is 95.6 Å². The van der Waals surface area contributed by atoms with Crippen molar-refractivity contribution in [2.24, 2.45) is 5.92 Å². The Labute approximate surface area is 122 Å². The lowest BCUT2D eigenvalue weighted by molar-refractivity contribution is 0.365. The monoisotopic (exact) mass is 327 g/mol. The van der Waals surface area contributed by atoms with Crippen molar-refractivity contribution in [2.75, 3.05) is 45.2 Å². The second-order valence-corrected chi connectivity index (χ2v) is 9.52. The molecule has 1 aliphatic rings. The minimum atomic E-state index is -3.38. The summed E-state index contributed by atoms with van der Waals surface area (Å²) < 4.78 is 50.1. The summed E-state index contributed by atoms with van der Waals surface area (Å²) in [6.07, 6.45) is 2.65. The third kappa shape index (κ3) is 6.49. The fraction of sp³-hybridized carbons (Fsp3) is 1.00. The van der Waals surface area contributed by atoms with Gasteiger partial charge in [0.05, 0.1) is 11.5 Å². The van der Waals surface area contributed by atoms with Gasteiger partial charge in [-0.05, 0) is 38.3 Å². The van der Waals surface area contributed by atoms with E-state index in [2.05, 4.69) is 10.0 Å². The maximum atomic E-state index is 11.8. The zero-order valence-electron chi connectivity index (χ0n) is 12.1. The molecule has 0 aromatic rings. The molecule has 1 aliphatic heterocycles. The van der Waals surface area contributed by atoms with E-state index in [1.807, 2.05) is 0 Å². The molecule has 120 valence electrons. The Balaban J connectivity index is 2.31. The zero-order chi connectivity index (χ0) is 15.2. The van der Waals surface area contributed by atoms with Crippen LogP contribution < -0.4 is 10.0 Å². The molecule has 0 atom stereocenters. The highest BCUT2D eigenvalue weighted by molar-refractivity contribution is 7.90. The summed E-state index contributed by atoms with van der Waals surface area (Å²) in [4.78, 5) is 0. The van der Waals surface area contributed by atoms with E-state index in [9.17, 15) is 16.8 Å². The van der Waals surface area contributed by atoms with Crippen LogP contribution in [0.3, 0.4) is 0 Å². The lowest BCUT2D eigenvalue weighted by atomic mass is 9.96. The van der Waals surface area contributed by atoms with Crippen LogP contribution in [0.1, 0.15) is 19.3 Å². The maximum Gasteiger partial charge on any atom is 0.214 e. The maximum absolute atomic E-state index is 11.8. The van der Waals surface area contributed by atoms with E-state index in [0.29, 0.717) is 12.3 Å². The van der Waals surface area contributed by atoms with Crippen molar-refractivity contribution < 1.29 is 16.8 Å². The molecule has 0 unspecified atom stereocenters. The van der Waals surface area contributed by atoms with E-state index in [-0.39, 0.29) is 18.1 Å². The van der Waals surface area contributed by atoms with Gasteiger partial charge in [0.15, 0.2) is 0 Å². The number of nitrogens with one attached hydrogen (secondary N) is 2. The smallest absolute Gasteiger partial charge is 0.214 e. The zero-order valence-corrected chi connectivity index (χ0v) is 13.8. The Morgan fingerprint density at radius 1 is 1.10 bits per heavy atom. The Bertz CT molecular complexity index is 482. The van der Waals surface area contributed by atoms with Gasteiger partial charge in [-0.2, -0.15) is 0 Å². The van der Waals surface area contributed by atoms with Crippen LogP contribution in [0.15, 0.2) is 0 Å². The Hall–Kier alpha value is -0.220. The molecule has 9 heteroatoms. The fourth-order valence-electron chi connectivity index (χ4n) is 2.07. The van der Waals surface area contributed by atoms with E-state index in [1.165, 1.54) is 14.1 Å². The molecule has 20 heavy (non-hydrogen) atoms. The van der Waals surface area contributed by atoms with E-state index >= 15 is 0 Å². The van der Waals surface area contributed by atoms with Crippen LogP contribution in [0, 0.1) is 5.92 Å². The molecule has 2 N–H and O–H groups in total. The van der Waals surface area contributed by atoms with Gasteiger partial charge in [-0.1, -0.05) is 0 Å². The molecule has 1 fully saturated rings. The summed E-state index contributed by atoms with van der Waals surface area (Å²) in [7, 11) is -3.88. The number of sulfonamides is 2. The van der Waals surface area contributed by atoms with Gasteiger partial charge in [0, 0.05) is 20.6 Å². The Morgan fingerprint density at radius 2 is 1.70 bits per heavy atom. The van der Waals surface area contributed by atoms with Crippen LogP contribution in [0.5, 0.6) is 0 Å². The molecule has 1 saturated heterocycles. The Morgan fingerprint density at radius 3 is 2.25 bits per heavy atom. The molecule has 0 spiro atoms. The van der Waals surface area contributed by atoms with Crippen LogP contribution in [0.4, 0.5) is 0 Å². The SMILES string of the molecule is CN(C)S(=O)(=O)CCNS(=O)(=O)CCC1CCNCC1. The van der Waals surface area contributed by atoms with E-state index in [1.54, 1.807) is 0 Å². The van der Waals surface area contributed by atoms with E-state index in [4.69, 9.17) is 0 Å². The molecular weight excluding hydrogens is 302 g/mol. The predicted octanol–water partition coefficient (Wildman–Crippen LogP) is -0.813. The molecule has 0 radical (unpaired) electrons. The van der Waals surface area contributed by atoms with Crippen molar-refractivity contribution in [3.05, 3.63) is 0 Å². The van der Waals surface area contributed by atoms with E-state index < -0.39 is 20.0 Å².